The topological polar surface area (TPSA) is 89.4 Å². The number of aryl methyl sites for hydroxylation is 1. The van der Waals surface area contributed by atoms with Crippen molar-refractivity contribution in [2.24, 2.45) is 0 Å². The molecule has 136 valence electrons. The molecule has 8 heteroatoms. The van der Waals surface area contributed by atoms with Gasteiger partial charge in [0, 0.05) is 29.4 Å². The Balaban J connectivity index is 1.85. The Labute approximate surface area is 163 Å². The maximum atomic E-state index is 11.7. The van der Waals surface area contributed by atoms with Crippen molar-refractivity contribution in [3.05, 3.63) is 75.9 Å². The zero-order valence-electron chi connectivity index (χ0n) is 14.7. The third-order valence-corrected chi connectivity index (χ3v) is 4.70. The molecule has 1 aromatic carbocycles. The number of hydrogen-bond acceptors (Lipinski definition) is 5. The van der Waals surface area contributed by atoms with Crippen molar-refractivity contribution in [2.75, 3.05) is 0 Å². The number of rotatable bonds is 2. The summed E-state index contributed by atoms with van der Waals surface area (Å²) in [6.07, 6.45) is 3.51. The van der Waals surface area contributed by atoms with E-state index in [0.717, 1.165) is 22.2 Å². The average molecular weight is 389 g/mol. The highest BCUT2D eigenvalue weighted by Gasteiger charge is 2.16. The van der Waals surface area contributed by atoms with E-state index in [4.69, 9.17) is 16.6 Å². The van der Waals surface area contributed by atoms with Crippen LogP contribution in [0.3, 0.4) is 0 Å². The van der Waals surface area contributed by atoms with Crippen LogP contribution >= 0.6 is 11.6 Å². The van der Waals surface area contributed by atoms with Crippen molar-refractivity contribution in [2.45, 2.75) is 6.92 Å². The molecule has 4 aromatic heterocycles. The summed E-state index contributed by atoms with van der Waals surface area (Å²) in [7, 11) is 0. The second-order valence-electron chi connectivity index (χ2n) is 6.39. The van der Waals surface area contributed by atoms with Gasteiger partial charge < -0.3 is 4.98 Å². The zero-order chi connectivity index (χ0) is 19.3. The van der Waals surface area contributed by atoms with Crippen LogP contribution < -0.4 is 5.56 Å². The van der Waals surface area contributed by atoms with Crippen LogP contribution in [0.15, 0.2) is 59.7 Å². The smallest absolute Gasteiger partial charge is 0.249 e. The molecule has 0 radical (unpaired) electrons. The molecule has 7 nitrogen and oxygen atoms in total. The fourth-order valence-electron chi connectivity index (χ4n) is 3.13. The van der Waals surface area contributed by atoms with Gasteiger partial charge in [0.15, 0.2) is 11.5 Å². The van der Waals surface area contributed by atoms with E-state index in [9.17, 15) is 4.79 Å². The first-order valence-electron chi connectivity index (χ1n) is 8.57. The monoisotopic (exact) mass is 388 g/mol. The number of halogens is 1. The van der Waals surface area contributed by atoms with E-state index >= 15 is 0 Å². The van der Waals surface area contributed by atoms with Crippen LogP contribution in [0.4, 0.5) is 0 Å². The Kier molecular flexibility index (Phi) is 3.70. The van der Waals surface area contributed by atoms with Gasteiger partial charge in [0.25, 0.3) is 0 Å². The molecular formula is C20H13ClN6O. The Bertz CT molecular complexity index is 1420. The first-order chi connectivity index (χ1) is 13.6. The number of fused-ring (bicyclic) bond motifs is 2. The molecule has 5 rings (SSSR count). The largest absolute Gasteiger partial charge is 0.305 e. The van der Waals surface area contributed by atoms with Crippen molar-refractivity contribution in [3.8, 4) is 17.1 Å². The van der Waals surface area contributed by atoms with Gasteiger partial charge in [0.2, 0.25) is 5.56 Å². The maximum absolute atomic E-state index is 11.7. The van der Waals surface area contributed by atoms with Gasteiger partial charge in [-0.3, -0.25) is 9.78 Å². The highest BCUT2D eigenvalue weighted by atomic mass is 35.5. The van der Waals surface area contributed by atoms with Crippen LogP contribution in [-0.4, -0.2) is 29.7 Å². The first kappa shape index (κ1) is 16.6. The lowest BCUT2D eigenvalue weighted by Crippen LogP contribution is -2.09. The standard InChI is InChI=1S/C20H13ClN6O/c1-11-6-8-27(26-11)20-18(23-15-4-5-16(28)24-19(15)25-20)13-9-12-3-2-7-22-17(12)14(21)10-13/h2-10H,1H3,(H,24,25,28). The third kappa shape index (κ3) is 2.73. The fraction of sp³-hybridized carbons (Fsp3) is 0.0500. The summed E-state index contributed by atoms with van der Waals surface area (Å²) in [5.41, 5.74) is 3.69. The Morgan fingerprint density at radius 2 is 2.00 bits per heavy atom. The molecule has 0 saturated heterocycles. The Hall–Kier alpha value is -3.58. The van der Waals surface area contributed by atoms with E-state index in [1.807, 2.05) is 37.3 Å². The summed E-state index contributed by atoms with van der Waals surface area (Å²) in [5.74, 6) is 0.502. The number of pyridine rings is 2. The molecule has 28 heavy (non-hydrogen) atoms. The van der Waals surface area contributed by atoms with Crippen LogP contribution in [0, 0.1) is 6.92 Å². The number of benzene rings is 1. The number of nitrogens with zero attached hydrogens (tertiary/aromatic N) is 5. The normalized spacial score (nSPS) is 11.4. The average Bonchev–Trinajstić information content (AvgIpc) is 3.13. The van der Waals surface area contributed by atoms with Crippen LogP contribution in [0.25, 0.3) is 39.1 Å². The first-order valence-corrected chi connectivity index (χ1v) is 8.95. The maximum Gasteiger partial charge on any atom is 0.249 e. The zero-order valence-corrected chi connectivity index (χ0v) is 15.5. The Morgan fingerprint density at radius 1 is 1.11 bits per heavy atom. The second-order valence-corrected chi connectivity index (χ2v) is 6.79. The minimum Gasteiger partial charge on any atom is -0.305 e. The molecule has 0 bridgehead atoms. The fourth-order valence-corrected chi connectivity index (χ4v) is 3.41. The van der Waals surface area contributed by atoms with E-state index in [0.29, 0.717) is 27.7 Å². The van der Waals surface area contributed by atoms with Gasteiger partial charge in [-0.1, -0.05) is 17.7 Å². The number of nitrogens with one attached hydrogen (secondary N) is 1. The lowest BCUT2D eigenvalue weighted by Gasteiger charge is -2.11. The molecule has 0 spiro atoms. The predicted molar refractivity (Wildman–Crippen MR) is 108 cm³/mol. The molecule has 0 saturated carbocycles. The lowest BCUT2D eigenvalue weighted by molar-refractivity contribution is 0.832. The van der Waals surface area contributed by atoms with Crippen molar-refractivity contribution in [1.82, 2.24) is 29.7 Å². The van der Waals surface area contributed by atoms with Crippen molar-refractivity contribution < 1.29 is 0 Å². The summed E-state index contributed by atoms with van der Waals surface area (Å²) in [6.45, 7) is 1.89. The van der Waals surface area contributed by atoms with Gasteiger partial charge in [0.05, 0.1) is 16.2 Å². The van der Waals surface area contributed by atoms with Crippen molar-refractivity contribution in [3.63, 3.8) is 0 Å². The van der Waals surface area contributed by atoms with Crippen LogP contribution in [0.5, 0.6) is 0 Å². The SMILES string of the molecule is Cc1ccn(-c2nc3[nH]c(=O)ccc3nc2-c2cc(Cl)c3ncccc3c2)n1. The van der Waals surface area contributed by atoms with Gasteiger partial charge in [0.1, 0.15) is 11.2 Å². The molecule has 0 aliphatic rings. The van der Waals surface area contributed by atoms with Gasteiger partial charge in [-0.2, -0.15) is 5.10 Å². The van der Waals surface area contributed by atoms with Gasteiger partial charge in [-0.05, 0) is 37.3 Å². The van der Waals surface area contributed by atoms with E-state index in [1.54, 1.807) is 23.1 Å². The van der Waals surface area contributed by atoms with Crippen LogP contribution in [-0.2, 0) is 0 Å². The molecule has 0 atom stereocenters. The molecule has 0 fully saturated rings. The van der Waals surface area contributed by atoms with Crippen molar-refractivity contribution in [1.29, 1.82) is 0 Å². The number of H-pyrrole nitrogens is 1. The number of aromatic amines is 1. The lowest BCUT2D eigenvalue weighted by atomic mass is 10.1. The van der Waals surface area contributed by atoms with Gasteiger partial charge >= 0.3 is 0 Å². The third-order valence-electron chi connectivity index (χ3n) is 4.41. The van der Waals surface area contributed by atoms with Crippen molar-refractivity contribution >= 4 is 33.7 Å². The highest BCUT2D eigenvalue weighted by molar-refractivity contribution is 6.35. The molecule has 1 N–H and O–H groups in total. The van der Waals surface area contributed by atoms with Crippen LogP contribution in [0.1, 0.15) is 5.69 Å². The van der Waals surface area contributed by atoms with Gasteiger partial charge in [-0.25, -0.2) is 14.6 Å². The Morgan fingerprint density at radius 3 is 2.82 bits per heavy atom. The molecule has 4 heterocycles. The summed E-state index contributed by atoms with van der Waals surface area (Å²) < 4.78 is 1.64. The molecule has 0 aliphatic heterocycles. The summed E-state index contributed by atoms with van der Waals surface area (Å²) >= 11 is 6.47. The molecule has 0 unspecified atom stereocenters. The molecule has 0 aliphatic carbocycles. The van der Waals surface area contributed by atoms with Crippen LogP contribution in [0.2, 0.25) is 5.02 Å². The van der Waals surface area contributed by atoms with E-state index in [2.05, 4.69) is 20.1 Å². The quantitative estimate of drug-likeness (QED) is 0.498. The number of aromatic nitrogens is 6. The minimum absolute atomic E-state index is 0.239. The minimum atomic E-state index is -0.239. The van der Waals surface area contributed by atoms with E-state index < -0.39 is 0 Å². The molecule has 0 amide bonds. The highest BCUT2D eigenvalue weighted by Crippen LogP contribution is 2.31. The van der Waals surface area contributed by atoms with E-state index in [1.165, 1.54) is 6.07 Å². The molecule has 5 aromatic rings. The number of hydrogen-bond donors (Lipinski definition) is 1. The second kappa shape index (κ2) is 6.24. The van der Waals surface area contributed by atoms with Gasteiger partial charge in [-0.15, -0.1) is 0 Å². The predicted octanol–water partition coefficient (Wildman–Crippen LogP) is 3.68. The summed E-state index contributed by atoms with van der Waals surface area (Å²) in [4.78, 5) is 28.1. The summed E-state index contributed by atoms with van der Waals surface area (Å²) in [6, 6.07) is 12.5. The van der Waals surface area contributed by atoms with E-state index in [-0.39, 0.29) is 5.56 Å². The summed E-state index contributed by atoms with van der Waals surface area (Å²) in [5, 5.41) is 5.88. The molecular weight excluding hydrogens is 376 g/mol.